The highest BCUT2D eigenvalue weighted by Gasteiger charge is 2.21. The molecular weight excluding hydrogens is 318 g/mol. The van der Waals surface area contributed by atoms with Crippen LogP contribution in [0, 0.1) is 0 Å². The van der Waals surface area contributed by atoms with Crippen molar-refractivity contribution in [2.24, 2.45) is 5.84 Å². The van der Waals surface area contributed by atoms with Crippen LogP contribution in [-0.4, -0.2) is 12.1 Å². The van der Waals surface area contributed by atoms with Gasteiger partial charge in [0.15, 0.2) is 0 Å². The van der Waals surface area contributed by atoms with Gasteiger partial charge in [0.2, 0.25) is 0 Å². The number of methoxy groups -OCH3 is 1. The molecule has 20 heavy (non-hydrogen) atoms. The highest BCUT2D eigenvalue weighted by atomic mass is 79.9. The van der Waals surface area contributed by atoms with E-state index >= 15 is 0 Å². The maximum absolute atomic E-state index is 5.70. The number of halogens is 1. The van der Waals surface area contributed by atoms with Crippen LogP contribution in [0.4, 0.5) is 5.69 Å². The number of rotatable bonds is 3. The van der Waals surface area contributed by atoms with Crippen molar-refractivity contribution in [3.05, 3.63) is 28.4 Å². The first-order chi connectivity index (χ1) is 9.74. The van der Waals surface area contributed by atoms with Crippen molar-refractivity contribution in [2.75, 3.05) is 12.5 Å². The second kappa shape index (κ2) is 5.58. The summed E-state index contributed by atoms with van der Waals surface area (Å²) in [4.78, 5) is 4.85. The molecule has 1 aromatic heterocycles. The van der Waals surface area contributed by atoms with Crippen LogP contribution in [0.2, 0.25) is 0 Å². The van der Waals surface area contributed by atoms with Gasteiger partial charge in [0.25, 0.3) is 0 Å². The maximum Gasteiger partial charge on any atom is 0.145 e. The molecule has 0 aliphatic heterocycles. The van der Waals surface area contributed by atoms with Crippen molar-refractivity contribution in [3.8, 4) is 5.75 Å². The smallest absolute Gasteiger partial charge is 0.145 e. The lowest BCUT2D eigenvalue weighted by Gasteiger charge is -2.15. The van der Waals surface area contributed by atoms with Gasteiger partial charge in [0.1, 0.15) is 11.3 Å². The average Bonchev–Trinajstić information content (AvgIpc) is 3.01. The number of benzene rings is 1. The minimum atomic E-state index is 0.537. The molecule has 1 aliphatic carbocycles. The molecule has 4 nitrogen and oxygen atoms in total. The van der Waals surface area contributed by atoms with Crippen LogP contribution < -0.4 is 16.0 Å². The molecule has 1 heterocycles. The summed E-state index contributed by atoms with van der Waals surface area (Å²) in [6, 6.07) is 5.96. The van der Waals surface area contributed by atoms with Crippen molar-refractivity contribution < 1.29 is 4.74 Å². The summed E-state index contributed by atoms with van der Waals surface area (Å²) in [6.45, 7) is 0. The summed E-state index contributed by atoms with van der Waals surface area (Å²) in [5.74, 6) is 7.02. The molecule has 0 saturated heterocycles. The van der Waals surface area contributed by atoms with Gasteiger partial charge in [-0.25, -0.2) is 4.98 Å². The molecule has 1 saturated carbocycles. The van der Waals surface area contributed by atoms with Crippen LogP contribution in [0.5, 0.6) is 5.75 Å². The van der Waals surface area contributed by atoms with Crippen LogP contribution in [0.1, 0.15) is 37.3 Å². The highest BCUT2D eigenvalue weighted by molar-refractivity contribution is 9.10. The zero-order valence-electron chi connectivity index (χ0n) is 11.4. The van der Waals surface area contributed by atoms with Crippen molar-refractivity contribution in [3.63, 3.8) is 0 Å². The molecule has 1 fully saturated rings. The third kappa shape index (κ3) is 2.25. The fourth-order valence-electron chi connectivity index (χ4n) is 3.01. The number of hydrazine groups is 1. The molecule has 0 amide bonds. The Morgan fingerprint density at radius 3 is 2.75 bits per heavy atom. The Kier molecular flexibility index (Phi) is 3.81. The first-order valence-corrected chi connectivity index (χ1v) is 7.67. The second-order valence-corrected chi connectivity index (χ2v) is 6.05. The predicted octanol–water partition coefficient (Wildman–Crippen LogP) is 3.95. The van der Waals surface area contributed by atoms with E-state index in [2.05, 4.69) is 27.4 Å². The number of aromatic nitrogens is 1. The van der Waals surface area contributed by atoms with E-state index in [9.17, 15) is 0 Å². The van der Waals surface area contributed by atoms with Crippen LogP contribution in [-0.2, 0) is 0 Å². The molecular formula is C15H18BrN3O. The van der Waals surface area contributed by atoms with Gasteiger partial charge in [-0.2, -0.15) is 0 Å². The molecule has 106 valence electrons. The largest absolute Gasteiger partial charge is 0.494 e. The Balaban J connectivity index is 2.25. The van der Waals surface area contributed by atoms with Crippen molar-refractivity contribution in [2.45, 2.75) is 31.6 Å². The molecule has 1 aliphatic rings. The van der Waals surface area contributed by atoms with Crippen LogP contribution in [0.3, 0.4) is 0 Å². The molecule has 2 aromatic rings. The third-order valence-electron chi connectivity index (χ3n) is 4.04. The van der Waals surface area contributed by atoms with E-state index in [0.717, 1.165) is 32.5 Å². The number of ether oxygens (including phenoxy) is 1. The molecule has 0 unspecified atom stereocenters. The summed E-state index contributed by atoms with van der Waals surface area (Å²) in [7, 11) is 1.67. The van der Waals surface area contributed by atoms with Crippen molar-refractivity contribution >= 4 is 32.5 Å². The number of nitrogens with zero attached hydrogens (tertiary/aromatic N) is 1. The quantitative estimate of drug-likeness (QED) is 0.658. The number of anilines is 1. The topological polar surface area (TPSA) is 60.2 Å². The first kappa shape index (κ1) is 13.6. The highest BCUT2D eigenvalue weighted by Crippen LogP contribution is 2.40. The van der Waals surface area contributed by atoms with Gasteiger partial charge in [0, 0.05) is 21.5 Å². The lowest BCUT2D eigenvalue weighted by atomic mass is 10.0. The van der Waals surface area contributed by atoms with Gasteiger partial charge in [-0.3, -0.25) is 5.84 Å². The van der Waals surface area contributed by atoms with E-state index in [0.29, 0.717) is 5.92 Å². The third-order valence-corrected chi connectivity index (χ3v) is 4.70. The molecule has 0 bridgehead atoms. The molecule has 3 N–H and O–H groups in total. The summed E-state index contributed by atoms with van der Waals surface area (Å²) in [5, 5.41) is 0.966. The lowest BCUT2D eigenvalue weighted by Crippen LogP contribution is -2.10. The van der Waals surface area contributed by atoms with Gasteiger partial charge >= 0.3 is 0 Å². The summed E-state index contributed by atoms with van der Waals surface area (Å²) < 4.78 is 6.41. The van der Waals surface area contributed by atoms with Gasteiger partial charge in [-0.1, -0.05) is 28.8 Å². The van der Waals surface area contributed by atoms with E-state index in [4.69, 9.17) is 15.6 Å². The second-order valence-electron chi connectivity index (χ2n) is 5.19. The number of nitrogens with two attached hydrogens (primary N) is 1. The average molecular weight is 336 g/mol. The standard InChI is InChI=1S/C15H18BrN3O/c1-20-13-7-6-10(16)14-12(19-17)8-11(18-15(13)14)9-4-2-3-5-9/h6-9H,2-5,17H2,1H3,(H,18,19). The van der Waals surface area contributed by atoms with Crippen molar-refractivity contribution in [1.29, 1.82) is 0 Å². The molecule has 0 spiro atoms. The number of fused-ring (bicyclic) bond motifs is 1. The number of nitrogen functional groups attached to an aromatic ring is 1. The number of pyridine rings is 1. The minimum Gasteiger partial charge on any atom is -0.494 e. The fourth-order valence-corrected chi connectivity index (χ4v) is 3.54. The number of hydrogen-bond donors (Lipinski definition) is 2. The summed E-state index contributed by atoms with van der Waals surface area (Å²) in [6.07, 6.45) is 4.98. The molecule has 0 radical (unpaired) electrons. The first-order valence-electron chi connectivity index (χ1n) is 6.88. The predicted molar refractivity (Wildman–Crippen MR) is 85.0 cm³/mol. The van der Waals surface area contributed by atoms with E-state index in [1.807, 2.05) is 12.1 Å². The van der Waals surface area contributed by atoms with Crippen molar-refractivity contribution in [1.82, 2.24) is 4.98 Å². The molecule has 0 atom stereocenters. The zero-order valence-corrected chi connectivity index (χ0v) is 13.0. The molecule has 5 heteroatoms. The van der Waals surface area contributed by atoms with Gasteiger partial charge in [0.05, 0.1) is 12.8 Å². The summed E-state index contributed by atoms with van der Waals surface area (Å²) in [5.41, 5.74) is 5.66. The Bertz CT molecular complexity index is 639. The van der Waals surface area contributed by atoms with Gasteiger partial charge in [-0.05, 0) is 31.0 Å². The Hall–Kier alpha value is -1.33. The number of hydrogen-bond acceptors (Lipinski definition) is 4. The SMILES string of the molecule is COc1ccc(Br)c2c(NN)cc(C3CCCC3)nc12. The Morgan fingerprint density at radius 2 is 2.10 bits per heavy atom. The number of nitrogens with one attached hydrogen (secondary N) is 1. The van der Waals surface area contributed by atoms with E-state index < -0.39 is 0 Å². The normalized spacial score (nSPS) is 15.8. The summed E-state index contributed by atoms with van der Waals surface area (Å²) >= 11 is 3.57. The van der Waals surface area contributed by atoms with Crippen LogP contribution in [0.25, 0.3) is 10.9 Å². The van der Waals surface area contributed by atoms with E-state index in [-0.39, 0.29) is 0 Å². The van der Waals surface area contributed by atoms with E-state index in [1.165, 1.54) is 25.7 Å². The van der Waals surface area contributed by atoms with Crippen LogP contribution in [0.15, 0.2) is 22.7 Å². The lowest BCUT2D eigenvalue weighted by molar-refractivity contribution is 0.418. The van der Waals surface area contributed by atoms with Gasteiger partial charge < -0.3 is 10.2 Å². The van der Waals surface area contributed by atoms with Gasteiger partial charge in [-0.15, -0.1) is 0 Å². The Labute approximate surface area is 126 Å². The fraction of sp³-hybridized carbons (Fsp3) is 0.400. The molecule has 1 aromatic carbocycles. The zero-order chi connectivity index (χ0) is 14.1. The minimum absolute atomic E-state index is 0.537. The maximum atomic E-state index is 5.70. The van der Waals surface area contributed by atoms with E-state index in [1.54, 1.807) is 7.11 Å². The Morgan fingerprint density at radius 1 is 1.35 bits per heavy atom. The molecule has 3 rings (SSSR count). The van der Waals surface area contributed by atoms with Crippen LogP contribution >= 0.6 is 15.9 Å². The monoisotopic (exact) mass is 335 g/mol.